The van der Waals surface area contributed by atoms with Gasteiger partial charge in [-0.05, 0) is 22.4 Å². The summed E-state index contributed by atoms with van der Waals surface area (Å²) in [5.41, 5.74) is 0.760. The molecule has 0 aliphatic heterocycles. The second-order valence-corrected chi connectivity index (χ2v) is 4.69. The van der Waals surface area contributed by atoms with E-state index in [1.54, 1.807) is 6.07 Å². The molecule has 2 aromatic carbocycles. The summed E-state index contributed by atoms with van der Waals surface area (Å²) in [4.78, 5) is 0. The average molecular weight is 234 g/mol. The third-order valence-electron chi connectivity index (χ3n) is 2.24. The summed E-state index contributed by atoms with van der Waals surface area (Å²) in [6.07, 6.45) is 1.39. The lowest BCUT2D eigenvalue weighted by atomic mass is 10.1. The molecule has 0 radical (unpaired) electrons. The van der Waals surface area contributed by atoms with Gasteiger partial charge < -0.3 is 0 Å². The van der Waals surface area contributed by atoms with Crippen molar-refractivity contribution in [2.45, 2.75) is 0 Å². The fraction of sp³-hybridized carbons (Fsp3) is 0. The van der Waals surface area contributed by atoms with Crippen molar-refractivity contribution in [3.8, 4) is 0 Å². The van der Waals surface area contributed by atoms with Gasteiger partial charge in [-0.2, -0.15) is 8.42 Å². The van der Waals surface area contributed by atoms with E-state index < -0.39 is 10.1 Å². The largest absolute Gasteiger partial charge is 0.287 e. The zero-order chi connectivity index (χ0) is 11.6. The Morgan fingerprint density at radius 3 is 2.44 bits per heavy atom. The molecule has 0 unspecified atom stereocenters. The van der Waals surface area contributed by atoms with Gasteiger partial charge in [-0.25, -0.2) is 0 Å². The van der Waals surface area contributed by atoms with Crippen LogP contribution in [-0.2, 0) is 10.1 Å². The van der Waals surface area contributed by atoms with Crippen LogP contribution in [0.1, 0.15) is 5.56 Å². The van der Waals surface area contributed by atoms with Gasteiger partial charge >= 0.3 is 0 Å². The summed E-state index contributed by atoms with van der Waals surface area (Å²) in [6.45, 7) is 0. The predicted molar refractivity (Wildman–Crippen MR) is 64.5 cm³/mol. The normalized spacial score (nSPS) is 12.3. The fourth-order valence-corrected chi connectivity index (χ4v) is 1.87. The highest BCUT2D eigenvalue weighted by Gasteiger charge is 1.99. The minimum atomic E-state index is -4.07. The first-order valence-electron chi connectivity index (χ1n) is 4.69. The van der Waals surface area contributed by atoms with E-state index in [0.717, 1.165) is 21.7 Å². The first-order valence-corrected chi connectivity index (χ1v) is 6.20. The minimum Gasteiger partial charge on any atom is -0.282 e. The Labute approximate surface area is 93.8 Å². The third-order valence-corrected chi connectivity index (χ3v) is 2.72. The molecule has 0 spiro atoms. The molecule has 4 heteroatoms. The topological polar surface area (TPSA) is 54.4 Å². The summed E-state index contributed by atoms with van der Waals surface area (Å²) < 4.78 is 29.9. The predicted octanol–water partition coefficient (Wildman–Crippen LogP) is 2.70. The molecule has 0 aliphatic rings. The van der Waals surface area contributed by atoms with Gasteiger partial charge in [0.25, 0.3) is 10.1 Å². The quantitative estimate of drug-likeness (QED) is 0.813. The van der Waals surface area contributed by atoms with E-state index in [2.05, 4.69) is 0 Å². The van der Waals surface area contributed by atoms with E-state index in [-0.39, 0.29) is 0 Å². The highest BCUT2D eigenvalue weighted by Crippen LogP contribution is 2.19. The molecule has 0 fully saturated rings. The SMILES string of the molecule is O=S(=O)(O)C=Cc1cccc2ccccc12. The van der Waals surface area contributed by atoms with Crippen molar-refractivity contribution in [3.63, 3.8) is 0 Å². The molecule has 82 valence electrons. The Bertz CT molecular complexity index is 637. The van der Waals surface area contributed by atoms with E-state index >= 15 is 0 Å². The molecular weight excluding hydrogens is 224 g/mol. The van der Waals surface area contributed by atoms with Crippen molar-refractivity contribution in [3.05, 3.63) is 53.4 Å². The molecule has 0 saturated heterocycles. The Morgan fingerprint density at radius 1 is 1.00 bits per heavy atom. The average Bonchev–Trinajstić information content (AvgIpc) is 2.25. The van der Waals surface area contributed by atoms with Gasteiger partial charge in [-0.3, -0.25) is 4.55 Å². The molecule has 0 aliphatic carbocycles. The zero-order valence-electron chi connectivity index (χ0n) is 8.37. The number of hydrogen-bond acceptors (Lipinski definition) is 2. The van der Waals surface area contributed by atoms with Crippen molar-refractivity contribution >= 4 is 27.0 Å². The Balaban J connectivity index is 2.57. The molecule has 0 aromatic heterocycles. The first-order chi connectivity index (χ1) is 7.56. The van der Waals surface area contributed by atoms with E-state index in [9.17, 15) is 8.42 Å². The molecule has 0 amide bonds. The summed E-state index contributed by atoms with van der Waals surface area (Å²) in [6, 6.07) is 13.2. The van der Waals surface area contributed by atoms with Gasteiger partial charge in [0.2, 0.25) is 0 Å². The van der Waals surface area contributed by atoms with Crippen molar-refractivity contribution < 1.29 is 13.0 Å². The van der Waals surface area contributed by atoms with E-state index in [1.807, 2.05) is 36.4 Å². The van der Waals surface area contributed by atoms with Gasteiger partial charge in [0, 0.05) is 0 Å². The summed E-state index contributed by atoms with van der Waals surface area (Å²) in [5, 5.41) is 2.76. The van der Waals surface area contributed by atoms with Crippen molar-refractivity contribution in [2.24, 2.45) is 0 Å². The lowest BCUT2D eigenvalue weighted by Gasteiger charge is -2.00. The molecular formula is C12H10O3S. The van der Waals surface area contributed by atoms with Crippen molar-refractivity contribution in [1.82, 2.24) is 0 Å². The maximum absolute atomic E-state index is 10.6. The van der Waals surface area contributed by atoms with Crippen LogP contribution >= 0.6 is 0 Å². The van der Waals surface area contributed by atoms with Crippen LogP contribution in [0.4, 0.5) is 0 Å². The Morgan fingerprint density at radius 2 is 1.69 bits per heavy atom. The first kappa shape index (κ1) is 10.9. The molecule has 2 rings (SSSR count). The van der Waals surface area contributed by atoms with Crippen LogP contribution in [0.2, 0.25) is 0 Å². The molecule has 2 aromatic rings. The second-order valence-electron chi connectivity index (χ2n) is 3.39. The van der Waals surface area contributed by atoms with Crippen LogP contribution < -0.4 is 0 Å². The highest BCUT2D eigenvalue weighted by molar-refractivity contribution is 7.88. The summed E-state index contributed by atoms with van der Waals surface area (Å²) >= 11 is 0. The van der Waals surface area contributed by atoms with Crippen molar-refractivity contribution in [2.75, 3.05) is 0 Å². The molecule has 0 saturated carbocycles. The number of benzene rings is 2. The van der Waals surface area contributed by atoms with Gasteiger partial charge in [0.15, 0.2) is 0 Å². The van der Waals surface area contributed by atoms with Crippen molar-refractivity contribution in [1.29, 1.82) is 0 Å². The highest BCUT2D eigenvalue weighted by atomic mass is 32.2. The second kappa shape index (κ2) is 4.08. The van der Waals surface area contributed by atoms with Crippen LogP contribution in [0.25, 0.3) is 16.8 Å². The fourth-order valence-electron chi connectivity index (χ4n) is 1.56. The van der Waals surface area contributed by atoms with Gasteiger partial charge in [-0.1, -0.05) is 42.5 Å². The molecule has 3 nitrogen and oxygen atoms in total. The van der Waals surface area contributed by atoms with Crippen LogP contribution in [0.5, 0.6) is 0 Å². The zero-order valence-corrected chi connectivity index (χ0v) is 9.18. The molecule has 0 heterocycles. The van der Waals surface area contributed by atoms with Crippen LogP contribution in [0.15, 0.2) is 47.9 Å². The van der Waals surface area contributed by atoms with E-state index in [0.29, 0.717) is 0 Å². The molecule has 16 heavy (non-hydrogen) atoms. The molecule has 0 bridgehead atoms. The van der Waals surface area contributed by atoms with Crippen LogP contribution in [-0.4, -0.2) is 13.0 Å². The summed E-state index contributed by atoms with van der Waals surface area (Å²) in [7, 11) is -4.07. The smallest absolute Gasteiger partial charge is 0.282 e. The molecule has 1 N–H and O–H groups in total. The summed E-state index contributed by atoms with van der Waals surface area (Å²) in [5.74, 6) is 0. The van der Waals surface area contributed by atoms with Crippen LogP contribution in [0, 0.1) is 0 Å². The maximum Gasteiger partial charge on any atom is 0.287 e. The number of fused-ring (bicyclic) bond motifs is 1. The van der Waals surface area contributed by atoms with Gasteiger partial charge in [0.1, 0.15) is 0 Å². The minimum absolute atomic E-state index is 0.760. The van der Waals surface area contributed by atoms with Gasteiger partial charge in [0.05, 0.1) is 5.41 Å². The maximum atomic E-state index is 10.6. The monoisotopic (exact) mass is 234 g/mol. The number of hydrogen-bond donors (Lipinski definition) is 1. The Hall–Kier alpha value is -1.65. The third kappa shape index (κ3) is 2.48. The standard InChI is InChI=1S/C12H10O3S/c13-16(14,15)9-8-11-6-3-5-10-4-1-2-7-12(10)11/h1-9H,(H,13,14,15). The molecule has 0 atom stereocenters. The van der Waals surface area contributed by atoms with E-state index in [4.69, 9.17) is 4.55 Å². The number of rotatable bonds is 2. The lowest BCUT2D eigenvalue weighted by Crippen LogP contribution is -1.89. The van der Waals surface area contributed by atoms with E-state index in [1.165, 1.54) is 6.08 Å². The van der Waals surface area contributed by atoms with Gasteiger partial charge in [-0.15, -0.1) is 0 Å². The lowest BCUT2D eigenvalue weighted by molar-refractivity contribution is 0.494. The van der Waals surface area contributed by atoms with Crippen LogP contribution in [0.3, 0.4) is 0 Å². The Kier molecular flexibility index (Phi) is 2.77.